The van der Waals surface area contributed by atoms with E-state index in [0.717, 1.165) is 6.42 Å². The third-order valence-electron chi connectivity index (χ3n) is 1.15. The van der Waals surface area contributed by atoms with Gasteiger partial charge in [-0.1, -0.05) is 17.7 Å². The van der Waals surface area contributed by atoms with Crippen LogP contribution in [0.2, 0.25) is 5.15 Å². The van der Waals surface area contributed by atoms with E-state index in [4.69, 9.17) is 16.3 Å². The zero-order valence-corrected chi connectivity index (χ0v) is 7.29. The molecule has 0 bridgehead atoms. The summed E-state index contributed by atoms with van der Waals surface area (Å²) in [7, 11) is 0. The highest BCUT2D eigenvalue weighted by Crippen LogP contribution is 2.07. The first-order valence-electron chi connectivity index (χ1n) is 3.55. The Morgan fingerprint density at radius 2 is 2.50 bits per heavy atom. The molecule has 0 aliphatic heterocycles. The number of aromatic nitrogens is 2. The molecule has 4 heteroatoms. The molecule has 0 unspecified atom stereocenters. The van der Waals surface area contributed by atoms with Crippen molar-refractivity contribution in [1.29, 1.82) is 0 Å². The van der Waals surface area contributed by atoms with Gasteiger partial charge in [0.25, 0.3) is 0 Å². The smallest absolute Gasteiger partial charge is 0.317 e. The Morgan fingerprint density at radius 3 is 3.17 bits per heavy atom. The van der Waals surface area contributed by atoms with Gasteiger partial charge in [0.1, 0.15) is 5.15 Å². The summed E-state index contributed by atoms with van der Waals surface area (Å²) in [6.07, 6.45) is 4.10. The highest BCUT2D eigenvalue weighted by molar-refractivity contribution is 6.29. The van der Waals surface area contributed by atoms with Crippen LogP contribution in [-0.4, -0.2) is 16.6 Å². The first kappa shape index (κ1) is 9.00. The van der Waals surface area contributed by atoms with E-state index in [2.05, 4.69) is 16.5 Å². The molecule has 1 aromatic rings. The highest BCUT2D eigenvalue weighted by Gasteiger charge is 1.95. The Morgan fingerprint density at radius 1 is 1.67 bits per heavy atom. The average Bonchev–Trinajstić information content (AvgIpc) is 2.05. The van der Waals surface area contributed by atoms with E-state index in [9.17, 15) is 0 Å². The van der Waals surface area contributed by atoms with E-state index in [0.29, 0.717) is 17.8 Å². The topological polar surface area (TPSA) is 35.0 Å². The van der Waals surface area contributed by atoms with Crippen LogP contribution in [-0.2, 0) is 0 Å². The third-order valence-corrected chi connectivity index (χ3v) is 1.36. The molecule has 12 heavy (non-hydrogen) atoms. The minimum atomic E-state index is 0.310. The predicted molar refractivity (Wildman–Crippen MR) is 47.4 cm³/mol. The monoisotopic (exact) mass is 184 g/mol. The van der Waals surface area contributed by atoms with E-state index in [1.165, 1.54) is 0 Å². The van der Waals surface area contributed by atoms with Crippen molar-refractivity contribution in [3.63, 3.8) is 0 Å². The summed E-state index contributed by atoms with van der Waals surface area (Å²) in [5.41, 5.74) is 0. The molecule has 0 radical (unpaired) electrons. The van der Waals surface area contributed by atoms with Gasteiger partial charge in [0.15, 0.2) is 0 Å². The lowest BCUT2D eigenvalue weighted by Gasteiger charge is -2.00. The first-order valence-corrected chi connectivity index (χ1v) is 3.93. The maximum absolute atomic E-state index is 5.61. The second-order valence-corrected chi connectivity index (χ2v) is 2.47. The highest BCUT2D eigenvalue weighted by atomic mass is 35.5. The first-order chi connectivity index (χ1) is 5.83. The molecule has 1 rings (SSSR count). The SMILES string of the molecule is C=CCCOc1nccc(Cl)n1. The maximum Gasteiger partial charge on any atom is 0.317 e. The molecule has 0 aromatic carbocycles. The summed E-state index contributed by atoms with van der Waals surface area (Å²) in [5.74, 6) is 0. The summed E-state index contributed by atoms with van der Waals surface area (Å²) in [5, 5.41) is 0.388. The Kier molecular flexibility index (Phi) is 3.54. The van der Waals surface area contributed by atoms with Crippen LogP contribution in [0.15, 0.2) is 24.9 Å². The molecule has 0 N–H and O–H groups in total. The number of nitrogens with zero attached hydrogens (tertiary/aromatic N) is 2. The number of rotatable bonds is 4. The maximum atomic E-state index is 5.61. The minimum Gasteiger partial charge on any atom is -0.463 e. The number of halogens is 1. The molecule has 0 spiro atoms. The summed E-state index contributed by atoms with van der Waals surface area (Å²) in [6.45, 7) is 4.09. The Hall–Kier alpha value is -1.09. The molecule has 3 nitrogen and oxygen atoms in total. The molecule has 0 aliphatic rings. The molecule has 0 saturated carbocycles. The third kappa shape index (κ3) is 2.88. The zero-order chi connectivity index (χ0) is 8.81. The Labute approximate surface area is 76.1 Å². The van der Waals surface area contributed by atoms with Crippen molar-refractivity contribution in [2.45, 2.75) is 6.42 Å². The fourth-order valence-corrected chi connectivity index (χ4v) is 0.752. The van der Waals surface area contributed by atoms with Crippen LogP contribution >= 0.6 is 11.6 Å². The quantitative estimate of drug-likeness (QED) is 0.408. The van der Waals surface area contributed by atoms with Crippen molar-refractivity contribution in [3.8, 4) is 6.01 Å². The Bertz CT molecular complexity index is 265. The van der Waals surface area contributed by atoms with Crippen LogP contribution in [0.1, 0.15) is 6.42 Å². The van der Waals surface area contributed by atoms with Crippen molar-refractivity contribution >= 4 is 11.6 Å². The van der Waals surface area contributed by atoms with Gasteiger partial charge >= 0.3 is 6.01 Å². The number of ether oxygens (including phenoxy) is 1. The van der Waals surface area contributed by atoms with E-state index < -0.39 is 0 Å². The van der Waals surface area contributed by atoms with Gasteiger partial charge in [-0.15, -0.1) is 6.58 Å². The molecule has 0 fully saturated rings. The van der Waals surface area contributed by atoms with E-state index in [1.54, 1.807) is 18.3 Å². The van der Waals surface area contributed by atoms with Crippen molar-refractivity contribution in [3.05, 3.63) is 30.1 Å². The number of hydrogen-bond donors (Lipinski definition) is 0. The van der Waals surface area contributed by atoms with Gasteiger partial charge in [-0.05, 0) is 12.5 Å². The van der Waals surface area contributed by atoms with Gasteiger partial charge < -0.3 is 4.74 Å². The zero-order valence-electron chi connectivity index (χ0n) is 6.53. The fourth-order valence-electron chi connectivity index (χ4n) is 0.623. The van der Waals surface area contributed by atoms with Gasteiger partial charge in [-0.3, -0.25) is 0 Å². The second kappa shape index (κ2) is 4.72. The van der Waals surface area contributed by atoms with Crippen LogP contribution in [0.3, 0.4) is 0 Å². The second-order valence-electron chi connectivity index (χ2n) is 2.09. The minimum absolute atomic E-state index is 0.310. The molecule has 1 aromatic heterocycles. The lowest BCUT2D eigenvalue weighted by molar-refractivity contribution is 0.299. The van der Waals surface area contributed by atoms with Crippen LogP contribution in [0.25, 0.3) is 0 Å². The fraction of sp³-hybridized carbons (Fsp3) is 0.250. The van der Waals surface area contributed by atoms with Gasteiger partial charge in [0, 0.05) is 6.20 Å². The van der Waals surface area contributed by atoms with Crippen molar-refractivity contribution in [2.75, 3.05) is 6.61 Å². The summed E-state index contributed by atoms with van der Waals surface area (Å²) < 4.78 is 5.15. The standard InChI is InChI=1S/C8H9ClN2O/c1-2-3-6-12-8-10-5-4-7(9)11-8/h2,4-5H,1,3,6H2. The molecule has 0 aliphatic carbocycles. The molecule has 0 atom stereocenters. The molecule has 0 amide bonds. The van der Waals surface area contributed by atoms with Crippen molar-refractivity contribution in [1.82, 2.24) is 9.97 Å². The molecule has 1 heterocycles. The van der Waals surface area contributed by atoms with Gasteiger partial charge in [0.05, 0.1) is 6.61 Å². The lowest BCUT2D eigenvalue weighted by Crippen LogP contribution is -1.99. The van der Waals surface area contributed by atoms with E-state index >= 15 is 0 Å². The Balaban J connectivity index is 2.46. The lowest BCUT2D eigenvalue weighted by atomic mass is 10.5. The molecule has 0 saturated heterocycles. The predicted octanol–water partition coefficient (Wildman–Crippen LogP) is 2.08. The van der Waals surface area contributed by atoms with Crippen molar-refractivity contribution < 1.29 is 4.74 Å². The van der Waals surface area contributed by atoms with E-state index in [1.807, 2.05) is 0 Å². The largest absolute Gasteiger partial charge is 0.463 e. The van der Waals surface area contributed by atoms with E-state index in [-0.39, 0.29) is 0 Å². The number of hydrogen-bond acceptors (Lipinski definition) is 3. The summed E-state index contributed by atoms with van der Waals surface area (Å²) >= 11 is 5.61. The average molecular weight is 185 g/mol. The molecular weight excluding hydrogens is 176 g/mol. The van der Waals surface area contributed by atoms with Crippen LogP contribution in [0, 0.1) is 0 Å². The normalized spacial score (nSPS) is 9.42. The van der Waals surface area contributed by atoms with Crippen molar-refractivity contribution in [2.24, 2.45) is 0 Å². The van der Waals surface area contributed by atoms with Gasteiger partial charge in [-0.25, -0.2) is 4.98 Å². The molecule has 64 valence electrons. The van der Waals surface area contributed by atoms with Crippen LogP contribution in [0.5, 0.6) is 6.01 Å². The molecular formula is C8H9ClN2O. The van der Waals surface area contributed by atoms with Crippen LogP contribution < -0.4 is 4.74 Å². The van der Waals surface area contributed by atoms with Gasteiger partial charge in [-0.2, -0.15) is 4.98 Å². The summed E-state index contributed by atoms with van der Waals surface area (Å²) in [4.78, 5) is 7.70. The van der Waals surface area contributed by atoms with Gasteiger partial charge in [0.2, 0.25) is 0 Å². The van der Waals surface area contributed by atoms with Crippen LogP contribution in [0.4, 0.5) is 0 Å². The summed E-state index contributed by atoms with van der Waals surface area (Å²) in [6, 6.07) is 1.91.